The molecule has 3 heteroatoms. The third kappa shape index (κ3) is 2.29. The molecule has 0 atom stereocenters. The first-order valence-corrected chi connectivity index (χ1v) is 5.20. The summed E-state index contributed by atoms with van der Waals surface area (Å²) in [4.78, 5) is 13.5. The quantitative estimate of drug-likeness (QED) is 0.607. The highest BCUT2D eigenvalue weighted by Crippen LogP contribution is 2.21. The molecule has 0 radical (unpaired) electrons. The number of anilines is 1. The first kappa shape index (κ1) is 11.1. The van der Waals surface area contributed by atoms with Crippen LogP contribution in [0.2, 0.25) is 0 Å². The van der Waals surface area contributed by atoms with E-state index < -0.39 is 0 Å². The van der Waals surface area contributed by atoms with Crippen LogP contribution in [0.3, 0.4) is 0 Å². The highest BCUT2D eigenvalue weighted by Gasteiger charge is 2.04. The summed E-state index contributed by atoms with van der Waals surface area (Å²) in [5.41, 5.74) is 1.76. The molecule has 1 aromatic carbocycles. The normalized spacial score (nSPS) is 9.93. The first-order chi connectivity index (χ1) is 6.72. The topological polar surface area (TPSA) is 20.3 Å². The van der Waals surface area contributed by atoms with Crippen molar-refractivity contribution in [3.05, 3.63) is 23.8 Å². The van der Waals surface area contributed by atoms with Crippen LogP contribution in [0.5, 0.6) is 0 Å². The van der Waals surface area contributed by atoms with Crippen molar-refractivity contribution in [2.24, 2.45) is 0 Å². The van der Waals surface area contributed by atoms with Crippen molar-refractivity contribution in [2.45, 2.75) is 18.7 Å². The van der Waals surface area contributed by atoms with Crippen LogP contribution in [-0.4, -0.2) is 19.4 Å². The monoisotopic (exact) mass is 209 g/mol. The van der Waals surface area contributed by atoms with Crippen LogP contribution in [0.4, 0.5) is 5.69 Å². The molecule has 0 unspecified atom stereocenters. The molecule has 0 amide bonds. The molecule has 0 aliphatic rings. The van der Waals surface area contributed by atoms with Gasteiger partial charge in [0.05, 0.1) is 0 Å². The molecule has 0 heterocycles. The predicted octanol–water partition coefficient (Wildman–Crippen LogP) is 2.63. The predicted molar refractivity (Wildman–Crippen MR) is 62.6 cm³/mol. The third-order valence-electron chi connectivity index (χ3n) is 2.27. The Balaban J connectivity index is 3.00. The maximum Gasteiger partial charge on any atom is 0.151 e. The summed E-state index contributed by atoms with van der Waals surface area (Å²) in [7, 11) is 0. The van der Waals surface area contributed by atoms with Gasteiger partial charge in [0.1, 0.15) is 0 Å². The van der Waals surface area contributed by atoms with Crippen LogP contribution in [0.1, 0.15) is 24.2 Å². The highest BCUT2D eigenvalue weighted by molar-refractivity contribution is 7.80. The third-order valence-corrected chi connectivity index (χ3v) is 2.66. The molecule has 0 aliphatic carbocycles. The number of rotatable bonds is 4. The van der Waals surface area contributed by atoms with Gasteiger partial charge in [-0.3, -0.25) is 4.79 Å². The average molecular weight is 209 g/mol. The Bertz CT molecular complexity index is 321. The molecule has 2 nitrogen and oxygen atoms in total. The van der Waals surface area contributed by atoms with Crippen molar-refractivity contribution < 1.29 is 4.79 Å². The Morgan fingerprint density at radius 3 is 2.43 bits per heavy atom. The standard InChI is InChI=1S/C11H15NOS/c1-3-12(4-2)10-6-5-9(8-13)11(14)7-10/h5-8,14H,3-4H2,1-2H3. The van der Waals surface area contributed by atoms with Crippen LogP contribution in [0, 0.1) is 0 Å². The molecule has 0 spiro atoms. The van der Waals surface area contributed by atoms with Gasteiger partial charge in [-0.05, 0) is 32.0 Å². The lowest BCUT2D eigenvalue weighted by Gasteiger charge is -2.21. The summed E-state index contributed by atoms with van der Waals surface area (Å²) >= 11 is 4.26. The number of hydrogen-bond acceptors (Lipinski definition) is 3. The van der Waals surface area contributed by atoms with E-state index in [1.54, 1.807) is 0 Å². The number of carbonyl (C=O) groups is 1. The lowest BCUT2D eigenvalue weighted by atomic mass is 10.2. The fraction of sp³-hybridized carbons (Fsp3) is 0.364. The number of benzene rings is 1. The van der Waals surface area contributed by atoms with E-state index in [-0.39, 0.29) is 0 Å². The zero-order valence-corrected chi connectivity index (χ0v) is 9.42. The van der Waals surface area contributed by atoms with E-state index in [1.807, 2.05) is 18.2 Å². The Hall–Kier alpha value is -0.960. The van der Waals surface area contributed by atoms with Crippen molar-refractivity contribution in [3.8, 4) is 0 Å². The van der Waals surface area contributed by atoms with Gasteiger partial charge in [0.15, 0.2) is 6.29 Å². The summed E-state index contributed by atoms with van der Waals surface area (Å²) < 4.78 is 0. The van der Waals surface area contributed by atoms with E-state index in [0.29, 0.717) is 5.56 Å². The van der Waals surface area contributed by atoms with E-state index >= 15 is 0 Å². The van der Waals surface area contributed by atoms with E-state index in [2.05, 4.69) is 31.4 Å². The molecular weight excluding hydrogens is 194 g/mol. The van der Waals surface area contributed by atoms with Gasteiger partial charge in [-0.1, -0.05) is 0 Å². The Morgan fingerprint density at radius 1 is 1.36 bits per heavy atom. The molecule has 0 N–H and O–H groups in total. The Labute approximate surface area is 90.3 Å². The lowest BCUT2D eigenvalue weighted by molar-refractivity contribution is 0.112. The van der Waals surface area contributed by atoms with Gasteiger partial charge in [-0.15, -0.1) is 12.6 Å². The SMILES string of the molecule is CCN(CC)c1ccc(C=O)c(S)c1. The van der Waals surface area contributed by atoms with Crippen molar-refractivity contribution >= 4 is 24.6 Å². The number of aldehydes is 1. The van der Waals surface area contributed by atoms with E-state index in [0.717, 1.165) is 30.0 Å². The molecule has 0 aliphatic heterocycles. The van der Waals surface area contributed by atoms with Crippen LogP contribution >= 0.6 is 12.6 Å². The molecule has 0 bridgehead atoms. The molecule has 0 saturated carbocycles. The van der Waals surface area contributed by atoms with Gasteiger partial charge < -0.3 is 4.90 Å². The molecule has 1 rings (SSSR count). The molecule has 76 valence electrons. The second kappa shape index (κ2) is 5.05. The van der Waals surface area contributed by atoms with Crippen molar-refractivity contribution in [1.29, 1.82) is 0 Å². The maximum absolute atomic E-state index is 10.6. The fourth-order valence-electron chi connectivity index (χ4n) is 1.42. The van der Waals surface area contributed by atoms with E-state index in [9.17, 15) is 4.79 Å². The maximum atomic E-state index is 10.6. The van der Waals surface area contributed by atoms with Gasteiger partial charge in [-0.2, -0.15) is 0 Å². The summed E-state index contributed by atoms with van der Waals surface area (Å²) in [5, 5.41) is 0. The highest BCUT2D eigenvalue weighted by atomic mass is 32.1. The summed E-state index contributed by atoms with van der Waals surface area (Å²) in [6.45, 7) is 6.14. The second-order valence-electron chi connectivity index (χ2n) is 3.03. The van der Waals surface area contributed by atoms with Crippen LogP contribution in [0.25, 0.3) is 0 Å². The van der Waals surface area contributed by atoms with Gasteiger partial charge in [0.25, 0.3) is 0 Å². The fourth-order valence-corrected chi connectivity index (χ4v) is 1.68. The van der Waals surface area contributed by atoms with Crippen molar-refractivity contribution in [2.75, 3.05) is 18.0 Å². The largest absolute Gasteiger partial charge is 0.372 e. The zero-order chi connectivity index (χ0) is 10.6. The first-order valence-electron chi connectivity index (χ1n) is 4.76. The van der Waals surface area contributed by atoms with Crippen molar-refractivity contribution in [3.63, 3.8) is 0 Å². The number of hydrogen-bond donors (Lipinski definition) is 1. The van der Waals surface area contributed by atoms with Gasteiger partial charge >= 0.3 is 0 Å². The lowest BCUT2D eigenvalue weighted by Crippen LogP contribution is -2.21. The smallest absolute Gasteiger partial charge is 0.151 e. The molecular formula is C11H15NOS. The molecule has 0 aromatic heterocycles. The van der Waals surface area contributed by atoms with Gasteiger partial charge in [-0.25, -0.2) is 0 Å². The van der Waals surface area contributed by atoms with Crippen LogP contribution < -0.4 is 4.90 Å². The number of carbonyl (C=O) groups excluding carboxylic acids is 1. The van der Waals surface area contributed by atoms with Gasteiger partial charge in [0.2, 0.25) is 0 Å². The minimum absolute atomic E-state index is 0.643. The minimum atomic E-state index is 0.643. The number of nitrogens with zero attached hydrogens (tertiary/aromatic N) is 1. The van der Waals surface area contributed by atoms with Crippen LogP contribution in [-0.2, 0) is 0 Å². The molecule has 1 aromatic rings. The summed E-state index contributed by atoms with van der Waals surface area (Å²) in [6.07, 6.45) is 0.828. The average Bonchev–Trinajstić information content (AvgIpc) is 2.20. The van der Waals surface area contributed by atoms with Crippen LogP contribution in [0.15, 0.2) is 23.1 Å². The Kier molecular flexibility index (Phi) is 4.01. The van der Waals surface area contributed by atoms with Gasteiger partial charge in [0, 0.05) is 29.2 Å². The Morgan fingerprint density at radius 2 is 2.00 bits per heavy atom. The second-order valence-corrected chi connectivity index (χ2v) is 3.52. The zero-order valence-electron chi connectivity index (χ0n) is 8.53. The van der Waals surface area contributed by atoms with E-state index in [4.69, 9.17) is 0 Å². The number of thiol groups is 1. The minimum Gasteiger partial charge on any atom is -0.372 e. The molecule has 14 heavy (non-hydrogen) atoms. The van der Waals surface area contributed by atoms with Crippen molar-refractivity contribution in [1.82, 2.24) is 0 Å². The molecule has 0 saturated heterocycles. The molecule has 0 fully saturated rings. The van der Waals surface area contributed by atoms with E-state index in [1.165, 1.54) is 0 Å². The summed E-state index contributed by atoms with van der Waals surface area (Å²) in [5.74, 6) is 0. The summed E-state index contributed by atoms with van der Waals surface area (Å²) in [6, 6.07) is 5.69.